The van der Waals surface area contributed by atoms with Gasteiger partial charge in [-0.3, -0.25) is 0 Å². The quantitative estimate of drug-likeness (QED) is 0.787. The van der Waals surface area contributed by atoms with Crippen LogP contribution >= 0.6 is 0 Å². The molecule has 5 nitrogen and oxygen atoms in total. The summed E-state index contributed by atoms with van der Waals surface area (Å²) in [5.74, 6) is -1.10. The van der Waals surface area contributed by atoms with Gasteiger partial charge < -0.3 is 20.1 Å². The van der Waals surface area contributed by atoms with Gasteiger partial charge >= 0.3 is 5.97 Å². The van der Waals surface area contributed by atoms with Crippen molar-refractivity contribution in [2.45, 2.75) is 13.3 Å². The van der Waals surface area contributed by atoms with Gasteiger partial charge in [-0.2, -0.15) is 0 Å². The van der Waals surface area contributed by atoms with Crippen LogP contribution in [0.2, 0.25) is 0 Å². The maximum atomic E-state index is 11.0. The third-order valence-electron chi connectivity index (χ3n) is 3.19. The predicted molar refractivity (Wildman–Crippen MR) is 77.1 cm³/mol. The number of benzene rings is 2. The first-order valence-electron chi connectivity index (χ1n) is 6.46. The number of phenols is 2. The van der Waals surface area contributed by atoms with E-state index in [0.29, 0.717) is 5.75 Å². The minimum Gasteiger partial charge on any atom is -0.508 e. The van der Waals surface area contributed by atoms with Crippen LogP contribution in [0.3, 0.4) is 0 Å². The molecule has 0 unspecified atom stereocenters. The van der Waals surface area contributed by atoms with E-state index in [-0.39, 0.29) is 29.9 Å². The Morgan fingerprint density at radius 3 is 2.52 bits per heavy atom. The summed E-state index contributed by atoms with van der Waals surface area (Å²) in [5.41, 5.74) is 0.910. The first-order chi connectivity index (χ1) is 10.0. The third-order valence-corrected chi connectivity index (χ3v) is 3.19. The van der Waals surface area contributed by atoms with Crippen molar-refractivity contribution in [2.24, 2.45) is 0 Å². The van der Waals surface area contributed by atoms with Crippen molar-refractivity contribution in [1.29, 1.82) is 0 Å². The zero-order valence-electron chi connectivity index (χ0n) is 11.5. The average molecular weight is 288 g/mol. The second-order valence-electron chi connectivity index (χ2n) is 4.63. The summed E-state index contributed by atoms with van der Waals surface area (Å²) in [6, 6.07) is 9.90. The van der Waals surface area contributed by atoms with E-state index in [0.717, 1.165) is 5.56 Å². The maximum absolute atomic E-state index is 11.0. The van der Waals surface area contributed by atoms with Gasteiger partial charge in [-0.25, -0.2) is 4.79 Å². The van der Waals surface area contributed by atoms with Gasteiger partial charge in [-0.15, -0.1) is 0 Å². The van der Waals surface area contributed by atoms with Gasteiger partial charge in [0.1, 0.15) is 22.8 Å². The Morgan fingerprint density at radius 1 is 1.14 bits per heavy atom. The van der Waals surface area contributed by atoms with Crippen molar-refractivity contribution in [2.75, 3.05) is 6.61 Å². The monoisotopic (exact) mass is 288 g/mol. The molecular weight excluding hydrogens is 272 g/mol. The lowest BCUT2D eigenvalue weighted by molar-refractivity contribution is 0.0693. The molecule has 2 aromatic rings. The number of hydrogen-bond donors (Lipinski definition) is 3. The number of aromatic hydroxyl groups is 2. The van der Waals surface area contributed by atoms with Gasteiger partial charge in [0.2, 0.25) is 0 Å². The number of carboxylic acid groups (broad SMARTS) is 1. The van der Waals surface area contributed by atoms with Gasteiger partial charge in [0, 0.05) is 12.0 Å². The number of hydrogen-bond acceptors (Lipinski definition) is 4. The van der Waals surface area contributed by atoms with E-state index in [1.165, 1.54) is 12.1 Å². The van der Waals surface area contributed by atoms with Crippen LogP contribution in [0.25, 0.3) is 0 Å². The normalized spacial score (nSPS) is 10.3. The fraction of sp³-hybridized carbons (Fsp3) is 0.188. The van der Waals surface area contributed by atoms with Crippen molar-refractivity contribution in [3.05, 3.63) is 53.1 Å². The first-order valence-corrected chi connectivity index (χ1v) is 6.46. The van der Waals surface area contributed by atoms with E-state index in [4.69, 9.17) is 9.84 Å². The molecule has 3 N–H and O–H groups in total. The van der Waals surface area contributed by atoms with Crippen molar-refractivity contribution in [3.8, 4) is 17.2 Å². The lowest BCUT2D eigenvalue weighted by Crippen LogP contribution is -2.05. The lowest BCUT2D eigenvalue weighted by Gasteiger charge is -2.12. The summed E-state index contributed by atoms with van der Waals surface area (Å²) in [6.45, 7) is 2.13. The zero-order chi connectivity index (χ0) is 15.4. The van der Waals surface area contributed by atoms with Crippen LogP contribution in [0.5, 0.6) is 17.2 Å². The molecule has 0 aliphatic heterocycles. The van der Waals surface area contributed by atoms with Gasteiger partial charge in [-0.05, 0) is 30.7 Å². The number of carbonyl (C=O) groups is 1. The van der Waals surface area contributed by atoms with Crippen molar-refractivity contribution >= 4 is 5.97 Å². The van der Waals surface area contributed by atoms with Gasteiger partial charge in [-0.1, -0.05) is 18.2 Å². The van der Waals surface area contributed by atoms with Gasteiger partial charge in [0.25, 0.3) is 0 Å². The molecule has 0 aliphatic carbocycles. The van der Waals surface area contributed by atoms with E-state index in [1.54, 1.807) is 0 Å². The van der Waals surface area contributed by atoms with E-state index in [2.05, 4.69) is 0 Å². The molecular formula is C16H16O5. The Morgan fingerprint density at radius 2 is 1.86 bits per heavy atom. The number of phenolic OH excluding ortho intramolecular Hbond substituents is 1. The number of para-hydroxylation sites is 1. The molecule has 0 aromatic heterocycles. The Hall–Kier alpha value is -2.69. The maximum Gasteiger partial charge on any atom is 0.339 e. The summed E-state index contributed by atoms with van der Waals surface area (Å²) in [7, 11) is 0. The van der Waals surface area contributed by atoms with Crippen LogP contribution in [0.15, 0.2) is 36.4 Å². The third kappa shape index (κ3) is 3.25. The molecule has 21 heavy (non-hydrogen) atoms. The number of carboxylic acids is 1. The molecule has 2 aromatic carbocycles. The molecule has 5 heteroatoms. The molecule has 0 atom stereocenters. The first kappa shape index (κ1) is 14.7. The number of rotatable bonds is 5. The summed E-state index contributed by atoms with van der Waals surface area (Å²) < 4.78 is 5.58. The highest BCUT2D eigenvalue weighted by molar-refractivity contribution is 5.91. The number of aromatic carboxylic acids is 1. The lowest BCUT2D eigenvalue weighted by atomic mass is 10.1. The van der Waals surface area contributed by atoms with E-state index < -0.39 is 11.7 Å². The molecule has 0 radical (unpaired) electrons. The Labute approximate surface area is 122 Å². The highest BCUT2D eigenvalue weighted by Gasteiger charge is 2.16. The highest BCUT2D eigenvalue weighted by Crippen LogP contribution is 2.31. The van der Waals surface area contributed by atoms with Crippen LogP contribution in [-0.2, 0) is 6.42 Å². The van der Waals surface area contributed by atoms with E-state index in [9.17, 15) is 15.0 Å². The number of ether oxygens (including phenoxy) is 1. The standard InChI is InChI=1S/C16H16O5/c1-10-4-2-3-5-14(10)21-9-8-11-13(17)7-6-12(15(11)18)16(19)20/h2-7,17-18H,8-9H2,1H3,(H,19,20). The topological polar surface area (TPSA) is 87.0 Å². The van der Waals surface area contributed by atoms with E-state index >= 15 is 0 Å². The molecule has 0 aliphatic rings. The molecule has 0 saturated heterocycles. The Kier molecular flexibility index (Phi) is 4.33. The van der Waals surface area contributed by atoms with Crippen molar-refractivity contribution < 1.29 is 24.9 Å². The fourth-order valence-electron chi connectivity index (χ4n) is 2.03. The van der Waals surface area contributed by atoms with Crippen molar-refractivity contribution in [3.63, 3.8) is 0 Å². The average Bonchev–Trinajstić information content (AvgIpc) is 2.44. The van der Waals surface area contributed by atoms with Crippen LogP contribution in [0.4, 0.5) is 0 Å². The smallest absolute Gasteiger partial charge is 0.339 e. The van der Waals surface area contributed by atoms with Crippen molar-refractivity contribution in [1.82, 2.24) is 0 Å². The van der Waals surface area contributed by atoms with Crippen LogP contribution in [0.1, 0.15) is 21.5 Å². The molecule has 0 heterocycles. The fourth-order valence-corrected chi connectivity index (χ4v) is 2.03. The van der Waals surface area contributed by atoms with Gasteiger partial charge in [0.15, 0.2) is 0 Å². The Balaban J connectivity index is 2.12. The second kappa shape index (κ2) is 6.17. The molecule has 0 fully saturated rings. The minimum atomic E-state index is -1.24. The van der Waals surface area contributed by atoms with Crippen LogP contribution in [0, 0.1) is 6.92 Å². The zero-order valence-corrected chi connectivity index (χ0v) is 11.5. The van der Waals surface area contributed by atoms with Crippen LogP contribution < -0.4 is 4.74 Å². The molecule has 0 bridgehead atoms. The highest BCUT2D eigenvalue weighted by atomic mass is 16.5. The van der Waals surface area contributed by atoms with Gasteiger partial charge in [0.05, 0.1) is 6.61 Å². The molecule has 0 saturated carbocycles. The SMILES string of the molecule is Cc1ccccc1OCCc1c(O)ccc(C(=O)O)c1O. The largest absolute Gasteiger partial charge is 0.508 e. The van der Waals surface area contributed by atoms with Crippen LogP contribution in [-0.4, -0.2) is 27.9 Å². The summed E-state index contributed by atoms with van der Waals surface area (Å²) >= 11 is 0. The minimum absolute atomic E-state index is 0.147. The summed E-state index contributed by atoms with van der Waals surface area (Å²) in [6.07, 6.45) is 0.202. The summed E-state index contributed by atoms with van der Waals surface area (Å²) in [4.78, 5) is 11.0. The Bertz CT molecular complexity index is 664. The van der Waals surface area contributed by atoms with E-state index in [1.807, 2.05) is 31.2 Å². The molecule has 2 rings (SSSR count). The second-order valence-corrected chi connectivity index (χ2v) is 4.63. The predicted octanol–water partition coefficient (Wildman–Crippen LogP) is 2.73. The number of aryl methyl sites for hydroxylation is 1. The molecule has 110 valence electrons. The molecule has 0 amide bonds. The summed E-state index contributed by atoms with van der Waals surface area (Å²) in [5, 5.41) is 28.6. The molecule has 0 spiro atoms.